The molecule has 1 aromatic carbocycles. The number of carbonyl (C=O) groups excluding carboxylic acids is 1. The van der Waals surface area contributed by atoms with Crippen molar-refractivity contribution in [1.82, 2.24) is 19.9 Å². The molecule has 0 aliphatic carbocycles. The van der Waals surface area contributed by atoms with Crippen LogP contribution < -0.4 is 5.73 Å². The quantitative estimate of drug-likeness (QED) is 0.754. The van der Waals surface area contributed by atoms with Crippen LogP contribution in [0.2, 0.25) is 0 Å². The Kier molecular flexibility index (Phi) is 6.30. The number of nitrogens with zero attached hydrogens (tertiary/aromatic N) is 4. The van der Waals surface area contributed by atoms with Crippen LogP contribution in [0.4, 0.5) is 4.39 Å². The van der Waals surface area contributed by atoms with Gasteiger partial charge in [-0.05, 0) is 43.5 Å². The zero-order chi connectivity index (χ0) is 18.4. The van der Waals surface area contributed by atoms with Gasteiger partial charge in [-0.1, -0.05) is 17.3 Å². The second-order valence-electron chi connectivity index (χ2n) is 6.44. The Morgan fingerprint density at radius 3 is 2.88 bits per heavy atom. The molecule has 1 aliphatic rings. The van der Waals surface area contributed by atoms with Gasteiger partial charge in [-0.25, -0.2) is 9.07 Å². The molecule has 1 fully saturated rings. The summed E-state index contributed by atoms with van der Waals surface area (Å²) in [4.78, 5) is 14.4. The van der Waals surface area contributed by atoms with Crippen molar-refractivity contribution in [3.05, 3.63) is 47.5 Å². The average Bonchev–Trinajstić information content (AvgIpc) is 3.10. The number of ether oxygens (including phenoxy) is 1. The fraction of sp³-hybridized carbons (Fsp3) is 0.500. The van der Waals surface area contributed by atoms with E-state index in [0.717, 1.165) is 24.8 Å². The Morgan fingerprint density at radius 2 is 2.15 bits per heavy atom. The molecular weight excluding hydrogens is 337 g/mol. The van der Waals surface area contributed by atoms with Gasteiger partial charge in [0.15, 0.2) is 5.69 Å². The van der Waals surface area contributed by atoms with E-state index in [1.54, 1.807) is 21.8 Å². The summed E-state index contributed by atoms with van der Waals surface area (Å²) in [6.45, 7) is 2.95. The lowest BCUT2D eigenvalue weighted by Crippen LogP contribution is -2.41. The minimum absolute atomic E-state index is 0.129. The Bertz CT molecular complexity index is 728. The van der Waals surface area contributed by atoms with E-state index in [4.69, 9.17) is 10.5 Å². The summed E-state index contributed by atoms with van der Waals surface area (Å²) < 4.78 is 20.6. The molecule has 0 radical (unpaired) electrons. The van der Waals surface area contributed by atoms with Crippen LogP contribution in [0.25, 0.3) is 0 Å². The predicted octanol–water partition coefficient (Wildman–Crippen LogP) is 1.44. The van der Waals surface area contributed by atoms with Crippen LogP contribution in [0.5, 0.6) is 0 Å². The minimum Gasteiger partial charge on any atom is -0.378 e. The van der Waals surface area contributed by atoms with Crippen LogP contribution in [0.15, 0.2) is 30.5 Å². The Labute approximate surface area is 151 Å². The smallest absolute Gasteiger partial charge is 0.276 e. The van der Waals surface area contributed by atoms with E-state index in [2.05, 4.69) is 10.3 Å². The van der Waals surface area contributed by atoms with E-state index >= 15 is 0 Å². The van der Waals surface area contributed by atoms with Gasteiger partial charge in [-0.2, -0.15) is 0 Å². The molecule has 7 nitrogen and oxygen atoms in total. The summed E-state index contributed by atoms with van der Waals surface area (Å²) in [5.74, 6) is -0.425. The highest BCUT2D eigenvalue weighted by Gasteiger charge is 2.25. The molecule has 26 heavy (non-hydrogen) atoms. The summed E-state index contributed by atoms with van der Waals surface area (Å²) in [7, 11) is 0. The largest absolute Gasteiger partial charge is 0.378 e. The zero-order valence-electron chi connectivity index (χ0n) is 14.7. The topological polar surface area (TPSA) is 86.3 Å². The fourth-order valence-corrected chi connectivity index (χ4v) is 3.02. The summed E-state index contributed by atoms with van der Waals surface area (Å²) in [6.07, 6.45) is 4.28. The number of hydrogen-bond donors (Lipinski definition) is 1. The van der Waals surface area contributed by atoms with E-state index < -0.39 is 0 Å². The highest BCUT2D eigenvalue weighted by atomic mass is 19.1. The van der Waals surface area contributed by atoms with Crippen molar-refractivity contribution in [2.75, 3.05) is 26.2 Å². The molecule has 0 atom stereocenters. The second kappa shape index (κ2) is 8.86. The molecule has 0 bridgehead atoms. The SMILES string of the molecule is NCCCOC1CCN(C(=O)c2cn(Cc3cccc(F)c3)nn2)CC1. The summed E-state index contributed by atoms with van der Waals surface area (Å²) in [5, 5.41) is 7.95. The molecule has 1 aromatic heterocycles. The molecule has 2 N–H and O–H groups in total. The third kappa shape index (κ3) is 4.86. The molecule has 1 saturated heterocycles. The van der Waals surface area contributed by atoms with Crippen molar-refractivity contribution in [3.8, 4) is 0 Å². The molecule has 0 unspecified atom stereocenters. The van der Waals surface area contributed by atoms with Gasteiger partial charge in [-0.15, -0.1) is 5.10 Å². The van der Waals surface area contributed by atoms with Gasteiger partial charge in [0.1, 0.15) is 5.82 Å². The monoisotopic (exact) mass is 361 g/mol. The Hall–Kier alpha value is -2.32. The lowest BCUT2D eigenvalue weighted by Gasteiger charge is -2.31. The van der Waals surface area contributed by atoms with Gasteiger partial charge in [0, 0.05) is 19.7 Å². The number of carbonyl (C=O) groups is 1. The van der Waals surface area contributed by atoms with Crippen molar-refractivity contribution in [2.24, 2.45) is 5.73 Å². The van der Waals surface area contributed by atoms with Crippen molar-refractivity contribution < 1.29 is 13.9 Å². The van der Waals surface area contributed by atoms with Crippen LogP contribution in [-0.2, 0) is 11.3 Å². The number of hydrogen-bond acceptors (Lipinski definition) is 5. The van der Waals surface area contributed by atoms with Gasteiger partial charge in [-0.3, -0.25) is 4.79 Å². The molecule has 2 aromatic rings. The van der Waals surface area contributed by atoms with Crippen LogP contribution in [0, 0.1) is 5.82 Å². The third-order valence-electron chi connectivity index (χ3n) is 4.42. The maximum Gasteiger partial charge on any atom is 0.276 e. The van der Waals surface area contributed by atoms with E-state index in [0.29, 0.717) is 38.5 Å². The maximum absolute atomic E-state index is 13.3. The summed E-state index contributed by atoms with van der Waals surface area (Å²) in [5.41, 5.74) is 6.54. The minimum atomic E-state index is -0.296. The van der Waals surface area contributed by atoms with E-state index in [9.17, 15) is 9.18 Å². The number of amides is 1. The number of rotatable bonds is 7. The Morgan fingerprint density at radius 1 is 1.35 bits per heavy atom. The number of likely N-dealkylation sites (tertiary alicyclic amines) is 1. The maximum atomic E-state index is 13.3. The van der Waals surface area contributed by atoms with E-state index in [1.165, 1.54) is 12.1 Å². The standard InChI is InChI=1S/C18H24FN5O2/c19-15-4-1-3-14(11-15)12-24-13-17(21-22-24)18(25)23-8-5-16(6-9-23)26-10-2-7-20/h1,3-4,11,13,16H,2,5-10,12,20H2. The fourth-order valence-electron chi connectivity index (χ4n) is 3.02. The molecule has 1 aliphatic heterocycles. The van der Waals surface area contributed by atoms with Crippen molar-refractivity contribution >= 4 is 5.91 Å². The van der Waals surface area contributed by atoms with Crippen LogP contribution in [0.1, 0.15) is 35.3 Å². The van der Waals surface area contributed by atoms with Gasteiger partial charge >= 0.3 is 0 Å². The molecule has 0 spiro atoms. The molecular formula is C18H24FN5O2. The number of nitrogens with two attached hydrogens (primary N) is 1. The van der Waals surface area contributed by atoms with Crippen LogP contribution in [-0.4, -0.2) is 58.1 Å². The van der Waals surface area contributed by atoms with Gasteiger partial charge in [0.2, 0.25) is 0 Å². The lowest BCUT2D eigenvalue weighted by molar-refractivity contribution is 0.00829. The summed E-state index contributed by atoms with van der Waals surface area (Å²) >= 11 is 0. The number of halogens is 1. The Balaban J connectivity index is 1.52. The average molecular weight is 361 g/mol. The van der Waals surface area contributed by atoms with Crippen molar-refractivity contribution in [2.45, 2.75) is 31.9 Å². The first-order chi connectivity index (χ1) is 12.7. The van der Waals surface area contributed by atoms with Crippen molar-refractivity contribution in [1.29, 1.82) is 0 Å². The van der Waals surface area contributed by atoms with E-state index in [1.807, 2.05) is 6.07 Å². The highest BCUT2D eigenvalue weighted by Crippen LogP contribution is 2.16. The van der Waals surface area contributed by atoms with Crippen molar-refractivity contribution in [3.63, 3.8) is 0 Å². The first kappa shape index (κ1) is 18.5. The van der Waals surface area contributed by atoms with Gasteiger partial charge in [0.25, 0.3) is 5.91 Å². The first-order valence-corrected chi connectivity index (χ1v) is 8.91. The molecule has 3 rings (SSSR count). The highest BCUT2D eigenvalue weighted by molar-refractivity contribution is 5.92. The molecule has 2 heterocycles. The van der Waals surface area contributed by atoms with Gasteiger partial charge in [0.05, 0.1) is 18.8 Å². The van der Waals surface area contributed by atoms with Crippen LogP contribution >= 0.6 is 0 Å². The molecule has 1 amide bonds. The zero-order valence-corrected chi connectivity index (χ0v) is 14.7. The van der Waals surface area contributed by atoms with Gasteiger partial charge < -0.3 is 15.4 Å². The normalized spacial score (nSPS) is 15.4. The molecule has 0 saturated carbocycles. The number of piperidine rings is 1. The molecule has 8 heteroatoms. The molecule has 140 valence electrons. The first-order valence-electron chi connectivity index (χ1n) is 8.91. The number of benzene rings is 1. The predicted molar refractivity (Wildman–Crippen MR) is 94.1 cm³/mol. The number of aromatic nitrogens is 3. The third-order valence-corrected chi connectivity index (χ3v) is 4.42. The van der Waals surface area contributed by atoms with E-state index in [-0.39, 0.29) is 17.8 Å². The van der Waals surface area contributed by atoms with Crippen LogP contribution in [0.3, 0.4) is 0 Å². The lowest BCUT2D eigenvalue weighted by atomic mass is 10.1. The summed E-state index contributed by atoms with van der Waals surface area (Å²) in [6, 6.07) is 6.29. The second-order valence-corrected chi connectivity index (χ2v) is 6.44.